The predicted octanol–water partition coefficient (Wildman–Crippen LogP) is 2.74. The van der Waals surface area contributed by atoms with Gasteiger partial charge in [-0.2, -0.15) is 0 Å². The summed E-state index contributed by atoms with van der Waals surface area (Å²) in [5, 5.41) is 3.00. The number of nitrogens with one attached hydrogen (secondary N) is 1. The Morgan fingerprint density at radius 3 is 2.81 bits per heavy atom. The lowest BCUT2D eigenvalue weighted by Gasteiger charge is -2.22. The van der Waals surface area contributed by atoms with Crippen LogP contribution in [0.1, 0.15) is 26.3 Å². The van der Waals surface area contributed by atoms with Crippen molar-refractivity contribution in [2.45, 2.75) is 38.8 Å². The van der Waals surface area contributed by atoms with E-state index < -0.39 is 17.7 Å². The zero-order valence-electron chi connectivity index (χ0n) is 12.2. The van der Waals surface area contributed by atoms with Crippen LogP contribution in [0.5, 0.6) is 5.75 Å². The van der Waals surface area contributed by atoms with Crippen molar-refractivity contribution in [3.05, 3.63) is 28.8 Å². The first-order valence-electron chi connectivity index (χ1n) is 6.69. The lowest BCUT2D eigenvalue weighted by molar-refractivity contribution is -0.120. The van der Waals surface area contributed by atoms with Gasteiger partial charge in [-0.15, -0.1) is 0 Å². The molecule has 1 aliphatic rings. The Kier molecular flexibility index (Phi) is 4.42. The number of carbonyl (C=O) groups is 2. The van der Waals surface area contributed by atoms with Crippen LogP contribution in [-0.2, 0) is 16.0 Å². The molecule has 2 rings (SSSR count). The van der Waals surface area contributed by atoms with Crippen LogP contribution in [0.15, 0.2) is 18.2 Å². The van der Waals surface area contributed by atoms with Crippen molar-refractivity contribution in [2.75, 3.05) is 6.61 Å². The minimum absolute atomic E-state index is 0.0365. The van der Waals surface area contributed by atoms with Crippen LogP contribution in [0, 0.1) is 0 Å². The number of rotatable bonds is 1. The minimum atomic E-state index is -0.747. The fourth-order valence-electron chi connectivity index (χ4n) is 2.00. The van der Waals surface area contributed by atoms with Gasteiger partial charge in [-0.1, -0.05) is 23.7 Å². The number of amides is 1. The molecular formula is C15H18ClNO4. The number of ketones is 1. The molecular weight excluding hydrogens is 294 g/mol. The van der Waals surface area contributed by atoms with Crippen LogP contribution in [0.3, 0.4) is 0 Å². The third-order valence-electron chi connectivity index (χ3n) is 2.89. The molecule has 1 aromatic carbocycles. The molecule has 1 heterocycles. The molecule has 1 aromatic rings. The quantitative estimate of drug-likeness (QED) is 0.866. The number of benzene rings is 1. The largest absolute Gasteiger partial charge is 0.489 e. The van der Waals surface area contributed by atoms with E-state index in [1.165, 1.54) is 0 Å². The summed E-state index contributed by atoms with van der Waals surface area (Å²) in [5.74, 6) is 0.364. The monoisotopic (exact) mass is 311 g/mol. The van der Waals surface area contributed by atoms with Gasteiger partial charge in [0.25, 0.3) is 0 Å². The van der Waals surface area contributed by atoms with Gasteiger partial charge < -0.3 is 14.8 Å². The summed E-state index contributed by atoms with van der Waals surface area (Å²) in [6.07, 6.45) is -0.474. The Balaban J connectivity index is 2.07. The second-order valence-corrected chi connectivity index (χ2v) is 6.29. The molecule has 5 nitrogen and oxygen atoms in total. The second-order valence-electron chi connectivity index (χ2n) is 5.88. The van der Waals surface area contributed by atoms with Gasteiger partial charge in [0.15, 0.2) is 5.78 Å². The predicted molar refractivity (Wildman–Crippen MR) is 78.8 cm³/mol. The van der Waals surface area contributed by atoms with E-state index in [9.17, 15) is 9.59 Å². The van der Waals surface area contributed by atoms with Crippen LogP contribution < -0.4 is 10.1 Å². The van der Waals surface area contributed by atoms with Crippen molar-refractivity contribution in [3.8, 4) is 5.75 Å². The van der Waals surface area contributed by atoms with Crippen LogP contribution in [-0.4, -0.2) is 30.1 Å². The molecule has 0 unspecified atom stereocenters. The van der Waals surface area contributed by atoms with Gasteiger partial charge in [0.2, 0.25) is 0 Å². The first-order chi connectivity index (χ1) is 9.76. The molecule has 1 amide bonds. The van der Waals surface area contributed by atoms with Gasteiger partial charge in [-0.25, -0.2) is 4.79 Å². The number of Topliss-reactive ketones (excluding diaryl/α,β-unsaturated/α-hetero) is 1. The van der Waals surface area contributed by atoms with Gasteiger partial charge in [0.05, 0.1) is 5.02 Å². The van der Waals surface area contributed by atoms with Crippen LogP contribution in [0.4, 0.5) is 4.79 Å². The number of hydrogen-bond donors (Lipinski definition) is 1. The molecule has 1 N–H and O–H groups in total. The summed E-state index contributed by atoms with van der Waals surface area (Å²) in [4.78, 5) is 24.0. The van der Waals surface area contributed by atoms with E-state index in [2.05, 4.69) is 5.32 Å². The topological polar surface area (TPSA) is 64.6 Å². The van der Waals surface area contributed by atoms with Crippen LogP contribution in [0.25, 0.3) is 0 Å². The zero-order chi connectivity index (χ0) is 15.6. The van der Waals surface area contributed by atoms with Crippen molar-refractivity contribution in [1.82, 2.24) is 5.32 Å². The minimum Gasteiger partial charge on any atom is -0.489 e. The molecule has 1 atom stereocenters. The third-order valence-corrected chi connectivity index (χ3v) is 3.18. The fraction of sp³-hybridized carbons (Fsp3) is 0.467. The summed E-state index contributed by atoms with van der Waals surface area (Å²) in [5.41, 5.74) is 0.103. The number of carbonyl (C=O) groups excluding carboxylic acids is 2. The van der Waals surface area contributed by atoms with Crippen molar-refractivity contribution in [2.24, 2.45) is 0 Å². The molecule has 6 heteroatoms. The summed E-state index contributed by atoms with van der Waals surface area (Å²) in [6, 6.07) is 4.50. The fourth-order valence-corrected chi connectivity index (χ4v) is 2.25. The Morgan fingerprint density at radius 2 is 2.14 bits per heavy atom. The molecule has 21 heavy (non-hydrogen) atoms. The Hall–Kier alpha value is -1.75. The van der Waals surface area contributed by atoms with Crippen molar-refractivity contribution in [1.29, 1.82) is 0 Å². The van der Waals surface area contributed by atoms with Crippen molar-refractivity contribution >= 4 is 23.5 Å². The highest BCUT2D eigenvalue weighted by molar-refractivity contribution is 6.32. The highest BCUT2D eigenvalue weighted by atomic mass is 35.5. The number of hydrogen-bond acceptors (Lipinski definition) is 4. The third kappa shape index (κ3) is 4.11. The van der Waals surface area contributed by atoms with E-state index in [1.807, 2.05) is 0 Å². The molecule has 0 aliphatic carbocycles. The Bertz CT molecular complexity index is 565. The lowest BCUT2D eigenvalue weighted by Crippen LogP contribution is -2.46. The van der Waals surface area contributed by atoms with Gasteiger partial charge in [-0.3, -0.25) is 4.79 Å². The number of fused-ring (bicyclic) bond motifs is 1. The van der Waals surface area contributed by atoms with E-state index in [4.69, 9.17) is 21.1 Å². The van der Waals surface area contributed by atoms with E-state index in [0.29, 0.717) is 10.8 Å². The maximum atomic E-state index is 12.2. The standard InChI is InChI=1S/C15H18ClNO4/c1-15(2,3)21-14(19)17-11-8-20-13-9(7-12(11)18)5-4-6-10(13)16/h4-6,11H,7-8H2,1-3H3,(H,17,19)/t11-/m0/s1. The first-order valence-corrected chi connectivity index (χ1v) is 7.06. The Labute approximate surface area is 128 Å². The number of ether oxygens (including phenoxy) is 2. The summed E-state index contributed by atoms with van der Waals surface area (Å²) in [6.45, 7) is 5.31. The van der Waals surface area contributed by atoms with Crippen molar-refractivity contribution in [3.63, 3.8) is 0 Å². The van der Waals surface area contributed by atoms with Gasteiger partial charge in [0, 0.05) is 12.0 Å². The van der Waals surface area contributed by atoms with Gasteiger partial charge in [-0.05, 0) is 26.8 Å². The molecule has 0 spiro atoms. The van der Waals surface area contributed by atoms with Crippen molar-refractivity contribution < 1.29 is 19.1 Å². The number of halogens is 1. The number of para-hydroxylation sites is 1. The zero-order valence-corrected chi connectivity index (χ0v) is 13.0. The van der Waals surface area contributed by atoms with Crippen LogP contribution in [0.2, 0.25) is 5.02 Å². The second kappa shape index (κ2) is 5.93. The molecule has 1 aliphatic heterocycles. The first kappa shape index (κ1) is 15.6. The van der Waals surface area contributed by atoms with Gasteiger partial charge >= 0.3 is 6.09 Å². The Morgan fingerprint density at radius 1 is 1.43 bits per heavy atom. The molecule has 0 radical (unpaired) electrons. The molecule has 0 bridgehead atoms. The summed E-state index contributed by atoms with van der Waals surface area (Å²) in [7, 11) is 0. The summed E-state index contributed by atoms with van der Waals surface area (Å²) < 4.78 is 10.7. The molecule has 0 saturated carbocycles. The maximum absolute atomic E-state index is 12.2. The highest BCUT2D eigenvalue weighted by Gasteiger charge is 2.29. The number of alkyl carbamates (subject to hydrolysis) is 1. The molecule has 0 aromatic heterocycles. The van der Waals surface area contributed by atoms with E-state index in [0.717, 1.165) is 5.56 Å². The average Bonchev–Trinajstić information content (AvgIpc) is 2.48. The van der Waals surface area contributed by atoms with E-state index >= 15 is 0 Å². The molecule has 114 valence electrons. The average molecular weight is 312 g/mol. The van der Waals surface area contributed by atoms with E-state index in [-0.39, 0.29) is 18.8 Å². The smallest absolute Gasteiger partial charge is 0.408 e. The SMILES string of the molecule is CC(C)(C)OC(=O)N[C@H]1COc2c(Cl)cccc2CC1=O. The van der Waals surface area contributed by atoms with Gasteiger partial charge in [0.1, 0.15) is 24.0 Å². The molecule has 0 fully saturated rings. The lowest BCUT2D eigenvalue weighted by atomic mass is 10.1. The maximum Gasteiger partial charge on any atom is 0.408 e. The molecule has 0 saturated heterocycles. The normalized spacial score (nSPS) is 18.3. The van der Waals surface area contributed by atoms with E-state index in [1.54, 1.807) is 39.0 Å². The highest BCUT2D eigenvalue weighted by Crippen LogP contribution is 2.31. The summed E-state index contributed by atoms with van der Waals surface area (Å²) >= 11 is 6.05. The van der Waals surface area contributed by atoms with Crippen LogP contribution >= 0.6 is 11.6 Å².